The molecule has 2 aliphatic carbocycles. The van der Waals surface area contributed by atoms with E-state index in [0.717, 1.165) is 32.1 Å². The molecular formula is C15H26N2O4. The predicted molar refractivity (Wildman–Crippen MR) is 78.1 cm³/mol. The first-order chi connectivity index (χ1) is 9.95. The molecule has 21 heavy (non-hydrogen) atoms. The molecule has 0 aromatic heterocycles. The summed E-state index contributed by atoms with van der Waals surface area (Å²) in [5.41, 5.74) is -1.11. The number of hydrogen-bond donors (Lipinski definition) is 3. The number of carboxylic acid groups (broad SMARTS) is 1. The van der Waals surface area contributed by atoms with Crippen molar-refractivity contribution in [3.05, 3.63) is 0 Å². The van der Waals surface area contributed by atoms with E-state index >= 15 is 0 Å². The van der Waals surface area contributed by atoms with Crippen molar-refractivity contribution < 1.29 is 19.4 Å². The average Bonchev–Trinajstić information content (AvgIpc) is 2.86. The van der Waals surface area contributed by atoms with Crippen LogP contribution in [0.25, 0.3) is 0 Å². The van der Waals surface area contributed by atoms with Crippen LogP contribution < -0.4 is 10.6 Å². The summed E-state index contributed by atoms with van der Waals surface area (Å²) < 4.78 is 5.28. The van der Waals surface area contributed by atoms with Crippen LogP contribution in [0.3, 0.4) is 0 Å². The Labute approximate surface area is 125 Å². The van der Waals surface area contributed by atoms with Crippen molar-refractivity contribution in [3.8, 4) is 0 Å². The highest BCUT2D eigenvalue weighted by Crippen LogP contribution is 2.32. The molecule has 2 rings (SSSR count). The standard InChI is InChI=1S/C15H26N2O4/c1-10-4-3-7-15(9-10,13(18)19)17-14(20)16-11-5-6-12(8-11)21-2/h10-12H,3-9H2,1-2H3,(H,18,19)(H2,16,17,20). The SMILES string of the molecule is COC1CCC(NC(=O)NC2(C(=O)O)CCCC(C)C2)C1. The van der Waals surface area contributed by atoms with Gasteiger partial charge in [-0.2, -0.15) is 0 Å². The molecule has 0 aromatic carbocycles. The average molecular weight is 298 g/mol. The van der Waals surface area contributed by atoms with Gasteiger partial charge in [-0.25, -0.2) is 9.59 Å². The molecule has 2 aliphatic rings. The number of aliphatic carboxylic acids is 1. The number of carboxylic acids is 1. The van der Waals surface area contributed by atoms with Crippen LogP contribution in [0.2, 0.25) is 0 Å². The maximum Gasteiger partial charge on any atom is 0.329 e. The third-order valence-electron chi connectivity index (χ3n) is 4.81. The fourth-order valence-corrected chi connectivity index (χ4v) is 3.64. The smallest absolute Gasteiger partial charge is 0.329 e. The van der Waals surface area contributed by atoms with Crippen LogP contribution in [-0.2, 0) is 9.53 Å². The fourth-order valence-electron chi connectivity index (χ4n) is 3.64. The summed E-state index contributed by atoms with van der Waals surface area (Å²) in [6.07, 6.45) is 5.66. The molecule has 6 nitrogen and oxygen atoms in total. The first-order valence-electron chi connectivity index (χ1n) is 7.80. The number of urea groups is 1. The summed E-state index contributed by atoms with van der Waals surface area (Å²) >= 11 is 0. The minimum Gasteiger partial charge on any atom is -0.480 e. The summed E-state index contributed by atoms with van der Waals surface area (Å²) in [4.78, 5) is 23.8. The quantitative estimate of drug-likeness (QED) is 0.739. The Morgan fingerprint density at radius 3 is 2.62 bits per heavy atom. The zero-order valence-electron chi connectivity index (χ0n) is 12.9. The Kier molecular flexibility index (Phi) is 5.08. The van der Waals surface area contributed by atoms with E-state index in [1.807, 2.05) is 6.92 Å². The van der Waals surface area contributed by atoms with Gasteiger partial charge in [-0.3, -0.25) is 0 Å². The summed E-state index contributed by atoms with van der Waals surface area (Å²) in [5, 5.41) is 15.2. The van der Waals surface area contributed by atoms with Crippen molar-refractivity contribution in [3.63, 3.8) is 0 Å². The molecule has 0 saturated heterocycles. The first kappa shape index (κ1) is 16.1. The first-order valence-corrected chi connectivity index (χ1v) is 7.80. The van der Waals surface area contributed by atoms with Gasteiger partial charge >= 0.3 is 12.0 Å². The molecule has 0 spiro atoms. The Bertz CT molecular complexity index is 401. The van der Waals surface area contributed by atoms with Crippen molar-refractivity contribution in [2.45, 2.75) is 69.6 Å². The summed E-state index contributed by atoms with van der Waals surface area (Å²) in [7, 11) is 1.68. The molecule has 4 atom stereocenters. The molecule has 120 valence electrons. The Balaban J connectivity index is 1.91. The number of carbonyl (C=O) groups is 2. The number of nitrogens with one attached hydrogen (secondary N) is 2. The molecule has 6 heteroatoms. The van der Waals surface area contributed by atoms with Crippen molar-refractivity contribution in [1.29, 1.82) is 0 Å². The summed E-state index contributed by atoms with van der Waals surface area (Å²) in [6, 6.07) is -0.296. The van der Waals surface area contributed by atoms with Crippen molar-refractivity contribution in [2.75, 3.05) is 7.11 Å². The summed E-state index contributed by atoms with van der Waals surface area (Å²) in [5.74, 6) is -0.607. The number of ether oxygens (including phenoxy) is 1. The van der Waals surface area contributed by atoms with E-state index in [2.05, 4.69) is 10.6 Å². The van der Waals surface area contributed by atoms with Gasteiger partial charge in [-0.1, -0.05) is 19.8 Å². The number of rotatable bonds is 4. The largest absolute Gasteiger partial charge is 0.480 e. The van der Waals surface area contributed by atoms with E-state index in [0.29, 0.717) is 18.8 Å². The van der Waals surface area contributed by atoms with Gasteiger partial charge in [-0.15, -0.1) is 0 Å². The fraction of sp³-hybridized carbons (Fsp3) is 0.867. The Morgan fingerprint density at radius 2 is 2.05 bits per heavy atom. The minimum absolute atomic E-state index is 0.0711. The molecule has 0 bridgehead atoms. The van der Waals surface area contributed by atoms with Crippen LogP contribution in [0.5, 0.6) is 0 Å². The normalized spacial score (nSPS) is 36.2. The topological polar surface area (TPSA) is 87.7 Å². The molecule has 0 radical (unpaired) electrons. The Hall–Kier alpha value is -1.30. The van der Waals surface area contributed by atoms with Crippen molar-refractivity contribution >= 4 is 12.0 Å². The van der Waals surface area contributed by atoms with E-state index in [1.165, 1.54) is 0 Å². The molecule has 2 saturated carbocycles. The monoisotopic (exact) mass is 298 g/mol. The third kappa shape index (κ3) is 3.87. The van der Waals surface area contributed by atoms with Gasteiger partial charge in [0.1, 0.15) is 5.54 Å². The highest BCUT2D eigenvalue weighted by molar-refractivity contribution is 5.86. The molecule has 0 aromatic rings. The number of carbonyl (C=O) groups excluding carboxylic acids is 1. The maximum atomic E-state index is 12.2. The molecule has 2 amide bonds. The maximum absolute atomic E-state index is 12.2. The molecule has 2 fully saturated rings. The zero-order chi connectivity index (χ0) is 15.5. The summed E-state index contributed by atoms with van der Waals surface area (Å²) in [6.45, 7) is 2.04. The second-order valence-corrected chi connectivity index (χ2v) is 6.55. The van der Waals surface area contributed by atoms with Crippen LogP contribution in [0.4, 0.5) is 4.79 Å². The number of hydrogen-bond acceptors (Lipinski definition) is 3. The second-order valence-electron chi connectivity index (χ2n) is 6.55. The lowest BCUT2D eigenvalue weighted by molar-refractivity contribution is -0.146. The number of amides is 2. The van der Waals surface area contributed by atoms with Gasteiger partial charge in [0.25, 0.3) is 0 Å². The lowest BCUT2D eigenvalue weighted by atomic mass is 9.76. The van der Waals surface area contributed by atoms with E-state index in [4.69, 9.17) is 4.74 Å². The van der Waals surface area contributed by atoms with Gasteiger partial charge in [0.2, 0.25) is 0 Å². The van der Waals surface area contributed by atoms with E-state index in [-0.39, 0.29) is 18.2 Å². The highest BCUT2D eigenvalue weighted by atomic mass is 16.5. The second kappa shape index (κ2) is 6.64. The van der Waals surface area contributed by atoms with Crippen LogP contribution >= 0.6 is 0 Å². The van der Waals surface area contributed by atoms with Gasteiger partial charge in [0.05, 0.1) is 6.10 Å². The zero-order valence-corrected chi connectivity index (χ0v) is 12.9. The lowest BCUT2D eigenvalue weighted by Gasteiger charge is -2.37. The van der Waals surface area contributed by atoms with Crippen molar-refractivity contribution in [1.82, 2.24) is 10.6 Å². The predicted octanol–water partition coefficient (Wildman–Crippen LogP) is 1.89. The molecule has 3 N–H and O–H groups in total. The van der Waals surface area contributed by atoms with E-state index < -0.39 is 11.5 Å². The lowest BCUT2D eigenvalue weighted by Crippen LogP contribution is -2.59. The molecular weight excluding hydrogens is 272 g/mol. The van der Waals surface area contributed by atoms with Gasteiger partial charge in [-0.05, 0) is 38.0 Å². The molecule has 0 aliphatic heterocycles. The Morgan fingerprint density at radius 1 is 1.29 bits per heavy atom. The van der Waals surface area contributed by atoms with Crippen LogP contribution in [0, 0.1) is 5.92 Å². The third-order valence-corrected chi connectivity index (χ3v) is 4.81. The van der Waals surface area contributed by atoms with Gasteiger partial charge < -0.3 is 20.5 Å². The van der Waals surface area contributed by atoms with E-state index in [1.54, 1.807) is 7.11 Å². The van der Waals surface area contributed by atoms with Crippen LogP contribution in [0.1, 0.15) is 51.9 Å². The van der Waals surface area contributed by atoms with Crippen LogP contribution in [0.15, 0.2) is 0 Å². The van der Waals surface area contributed by atoms with Crippen LogP contribution in [-0.4, -0.2) is 41.9 Å². The van der Waals surface area contributed by atoms with Gasteiger partial charge in [0.15, 0.2) is 0 Å². The van der Waals surface area contributed by atoms with E-state index in [9.17, 15) is 14.7 Å². The highest BCUT2D eigenvalue weighted by Gasteiger charge is 2.43. The van der Waals surface area contributed by atoms with Gasteiger partial charge in [0, 0.05) is 13.2 Å². The minimum atomic E-state index is -1.11. The molecule has 4 unspecified atom stereocenters. The molecule has 0 heterocycles. The number of methoxy groups -OCH3 is 1. The van der Waals surface area contributed by atoms with Crippen molar-refractivity contribution in [2.24, 2.45) is 5.92 Å².